The lowest BCUT2D eigenvalue weighted by atomic mass is 9.49. The molecule has 8 aliphatic rings. The molecule has 2 aliphatic carbocycles. The van der Waals surface area contributed by atoms with Crippen LogP contribution in [0.25, 0.3) is 0 Å². The van der Waals surface area contributed by atoms with Crippen LogP contribution in [0.1, 0.15) is 71.3 Å². The molecule has 10 nitrogen and oxygen atoms in total. The number of fused-ring (bicyclic) bond motifs is 5. The van der Waals surface area contributed by atoms with Gasteiger partial charge in [0.1, 0.15) is 29.5 Å². The average molecular weight is 641 g/mol. The van der Waals surface area contributed by atoms with Gasteiger partial charge in [-0.2, -0.15) is 0 Å². The molecule has 2 N–H and O–H groups in total. The van der Waals surface area contributed by atoms with Crippen molar-refractivity contribution in [3.63, 3.8) is 0 Å². The van der Waals surface area contributed by atoms with E-state index in [1.165, 1.54) is 0 Å². The second-order valence-corrected chi connectivity index (χ2v) is 15.3. The van der Waals surface area contributed by atoms with E-state index < -0.39 is 70.9 Å². The quantitative estimate of drug-likeness (QED) is 0.204. The number of ether oxygens (including phenoxy) is 5. The molecule has 0 radical (unpaired) electrons. The molecule has 8 fully saturated rings. The fourth-order valence-electron chi connectivity index (χ4n) is 10.7. The van der Waals surface area contributed by atoms with Crippen LogP contribution in [0.2, 0.25) is 0 Å². The van der Waals surface area contributed by atoms with Crippen LogP contribution in [0.5, 0.6) is 0 Å². The zero-order valence-electron chi connectivity index (χ0n) is 27.2. The van der Waals surface area contributed by atoms with Crippen molar-refractivity contribution >= 4 is 5.97 Å². The van der Waals surface area contributed by atoms with Crippen LogP contribution >= 0.6 is 0 Å². The predicted molar refractivity (Wildman–Crippen MR) is 163 cm³/mol. The lowest BCUT2D eigenvalue weighted by molar-refractivity contribution is -0.523. The highest BCUT2D eigenvalue weighted by Crippen LogP contribution is 2.75. The molecule has 2 spiro atoms. The van der Waals surface area contributed by atoms with Gasteiger partial charge in [0.15, 0.2) is 5.60 Å². The maximum atomic E-state index is 14.2. The number of aliphatic hydroxyl groups is 2. The fraction of sp³-hybridized carbons (Fsp3) is 0.750. The van der Waals surface area contributed by atoms with E-state index in [0.717, 1.165) is 49.7 Å². The Hall–Kier alpha value is -1.89. The van der Waals surface area contributed by atoms with Crippen molar-refractivity contribution in [3.8, 4) is 0 Å². The largest absolute Gasteiger partial charge is 0.431 e. The molecule has 6 saturated heterocycles. The lowest BCUT2D eigenvalue weighted by Gasteiger charge is -2.66. The van der Waals surface area contributed by atoms with Crippen LogP contribution in [0, 0.1) is 29.6 Å². The molecular formula is C36H48O10. The van der Waals surface area contributed by atoms with Crippen LogP contribution in [0.3, 0.4) is 0 Å². The van der Waals surface area contributed by atoms with Gasteiger partial charge in [0.05, 0.1) is 25.7 Å². The van der Waals surface area contributed by atoms with Gasteiger partial charge in [0, 0.05) is 31.3 Å². The van der Waals surface area contributed by atoms with Gasteiger partial charge >= 0.3 is 5.97 Å². The Morgan fingerprint density at radius 3 is 2.59 bits per heavy atom. The standard InChI is InChI=1S/C36H48O10/c1-21(2)33-17-24(19-40-18-23-14-10-8-11-15-23)35(46-45-33)26-28(33)41-16-12-7-5-6-9-13-22(3)25-27(35)36(31(39)43-32(25,4)44-36)30(38)34(20-37)29(26)42-34/h8,10-11,14-15,22,24-30,37-38H,1,5-7,9,12-13,16-20H2,2-4H3/t22-,24-,25+,26+,27-,28+,29-,30+,32-,33?,34-,35+,36?/m0/s1. The number of rotatable bonds is 6. The second kappa shape index (κ2) is 10.8. The molecule has 46 heavy (non-hydrogen) atoms. The van der Waals surface area contributed by atoms with E-state index in [9.17, 15) is 15.0 Å². The molecule has 9 rings (SSSR count). The van der Waals surface area contributed by atoms with Crippen molar-refractivity contribution in [2.24, 2.45) is 29.6 Å². The topological polar surface area (TPSA) is 125 Å². The molecule has 1 aromatic carbocycles. The van der Waals surface area contributed by atoms with Crippen LogP contribution < -0.4 is 0 Å². The Kier molecular flexibility index (Phi) is 7.37. The third-order valence-corrected chi connectivity index (χ3v) is 12.8. The van der Waals surface area contributed by atoms with Gasteiger partial charge < -0.3 is 33.9 Å². The maximum Gasteiger partial charge on any atom is 0.344 e. The summed E-state index contributed by atoms with van der Waals surface area (Å²) in [5, 5.41) is 23.4. The third-order valence-electron chi connectivity index (χ3n) is 12.8. The van der Waals surface area contributed by atoms with E-state index in [1.54, 1.807) is 0 Å². The average Bonchev–Trinajstić information content (AvgIpc) is 3.63. The highest BCUT2D eigenvalue weighted by Gasteiger charge is 2.92. The Morgan fingerprint density at radius 2 is 1.83 bits per heavy atom. The number of hydrogen-bond donors (Lipinski definition) is 2. The van der Waals surface area contributed by atoms with E-state index in [2.05, 4.69) is 13.5 Å². The first-order chi connectivity index (χ1) is 22.1. The number of hydrogen-bond acceptors (Lipinski definition) is 10. The third kappa shape index (κ3) is 3.96. The fourth-order valence-corrected chi connectivity index (χ4v) is 10.7. The molecule has 0 aromatic heterocycles. The van der Waals surface area contributed by atoms with Crippen LogP contribution in [-0.2, 0) is 44.9 Å². The second-order valence-electron chi connectivity index (χ2n) is 15.3. The molecule has 2 unspecified atom stereocenters. The van der Waals surface area contributed by atoms with E-state index in [-0.39, 0.29) is 17.8 Å². The molecule has 6 heterocycles. The number of benzene rings is 1. The van der Waals surface area contributed by atoms with Gasteiger partial charge in [-0.1, -0.05) is 75.9 Å². The summed E-state index contributed by atoms with van der Waals surface area (Å²) < 4.78 is 32.7. The van der Waals surface area contributed by atoms with Gasteiger partial charge in [-0.15, -0.1) is 0 Å². The van der Waals surface area contributed by atoms with Gasteiger partial charge in [-0.05, 0) is 36.8 Å². The molecule has 0 amide bonds. The highest BCUT2D eigenvalue weighted by molar-refractivity contribution is 5.85. The van der Waals surface area contributed by atoms with Crippen LogP contribution in [-0.4, -0.2) is 82.5 Å². The number of epoxide rings is 1. The summed E-state index contributed by atoms with van der Waals surface area (Å²) in [6.45, 7) is 11.0. The predicted octanol–water partition coefficient (Wildman–Crippen LogP) is 4.01. The van der Waals surface area contributed by atoms with Crippen molar-refractivity contribution in [3.05, 3.63) is 48.0 Å². The van der Waals surface area contributed by atoms with Gasteiger partial charge in [0.25, 0.3) is 0 Å². The van der Waals surface area contributed by atoms with Crippen molar-refractivity contribution in [2.75, 3.05) is 19.8 Å². The highest BCUT2D eigenvalue weighted by atomic mass is 17.2. The number of carbonyl (C=O) groups is 1. The SMILES string of the molecule is C=C(C)C12C[C@@H](COCc3ccccc3)[C@@]3(OO1)[C@@H]1[C@H]2OCCCCCCC[C@H](C)[C@@H]2[C@@H]3C3(O[C@]2(C)OC3=O)[C@H](O)[C@@]2(CO)O[C@@H]12. The molecule has 6 aliphatic heterocycles. The summed E-state index contributed by atoms with van der Waals surface area (Å²) in [5.41, 5.74) is -3.76. The summed E-state index contributed by atoms with van der Waals surface area (Å²) in [6.07, 6.45) is 3.80. The molecular weight excluding hydrogens is 592 g/mol. The molecule has 13 atom stereocenters. The van der Waals surface area contributed by atoms with Gasteiger partial charge in [0.2, 0.25) is 11.4 Å². The Labute approximate surface area is 270 Å². The van der Waals surface area contributed by atoms with Crippen molar-refractivity contribution in [2.45, 2.75) is 119 Å². The zero-order chi connectivity index (χ0) is 32.1. The number of esters is 1. The van der Waals surface area contributed by atoms with E-state index >= 15 is 0 Å². The van der Waals surface area contributed by atoms with Gasteiger partial charge in [-0.3, -0.25) is 0 Å². The first kappa shape index (κ1) is 31.4. The normalized spacial score (nSPS) is 50.7. The summed E-state index contributed by atoms with van der Waals surface area (Å²) in [4.78, 5) is 27.6. The van der Waals surface area contributed by atoms with Crippen molar-refractivity contribution in [1.29, 1.82) is 0 Å². The molecule has 1 aromatic rings. The van der Waals surface area contributed by atoms with E-state index in [0.29, 0.717) is 26.2 Å². The minimum atomic E-state index is -1.84. The molecule has 252 valence electrons. The summed E-state index contributed by atoms with van der Waals surface area (Å²) >= 11 is 0. The summed E-state index contributed by atoms with van der Waals surface area (Å²) in [6, 6.07) is 10.0. The van der Waals surface area contributed by atoms with Crippen LogP contribution in [0.4, 0.5) is 0 Å². The molecule has 10 heteroatoms. The maximum absolute atomic E-state index is 14.2. The number of aliphatic hydroxyl groups excluding tert-OH is 2. The monoisotopic (exact) mass is 640 g/mol. The minimum Gasteiger partial charge on any atom is -0.431 e. The minimum absolute atomic E-state index is 0.0548. The molecule has 7 bridgehead atoms. The Morgan fingerprint density at radius 1 is 1.07 bits per heavy atom. The van der Waals surface area contributed by atoms with Crippen molar-refractivity contribution < 1.29 is 48.5 Å². The van der Waals surface area contributed by atoms with Crippen LogP contribution in [0.15, 0.2) is 42.5 Å². The molecule has 2 saturated carbocycles. The number of carbonyl (C=O) groups excluding carboxylic acids is 1. The summed E-state index contributed by atoms with van der Waals surface area (Å²) in [7, 11) is 0. The first-order valence-electron chi connectivity index (χ1n) is 17.3. The van der Waals surface area contributed by atoms with Crippen molar-refractivity contribution in [1.82, 2.24) is 0 Å². The van der Waals surface area contributed by atoms with E-state index in [4.69, 9.17) is 33.5 Å². The Bertz CT molecular complexity index is 1370. The lowest BCUT2D eigenvalue weighted by Crippen LogP contribution is -2.79. The Balaban J connectivity index is 1.33. The van der Waals surface area contributed by atoms with E-state index in [1.807, 2.05) is 44.2 Å². The zero-order valence-corrected chi connectivity index (χ0v) is 27.2. The van der Waals surface area contributed by atoms with Gasteiger partial charge in [-0.25, -0.2) is 14.6 Å². The smallest absolute Gasteiger partial charge is 0.344 e. The summed E-state index contributed by atoms with van der Waals surface area (Å²) in [5.74, 6) is -3.78. The first-order valence-corrected chi connectivity index (χ1v) is 17.3.